The Morgan fingerprint density at radius 1 is 0.966 bits per heavy atom. The normalized spacial score (nSPS) is 33.5. The van der Waals surface area contributed by atoms with Crippen LogP contribution in [-0.2, 0) is 19.0 Å². The van der Waals surface area contributed by atoms with E-state index in [4.69, 9.17) is 14.2 Å². The Labute approximate surface area is 177 Å². The first-order chi connectivity index (χ1) is 13.3. The molecule has 0 unspecified atom stereocenters. The van der Waals surface area contributed by atoms with Crippen molar-refractivity contribution in [1.29, 1.82) is 0 Å². The number of rotatable bonds is 10. The summed E-state index contributed by atoms with van der Waals surface area (Å²) in [5, 5.41) is 0. The summed E-state index contributed by atoms with van der Waals surface area (Å²) >= 11 is 0. The lowest BCUT2D eigenvalue weighted by Crippen LogP contribution is -2.70. The van der Waals surface area contributed by atoms with Crippen LogP contribution in [0.1, 0.15) is 86.5 Å². The molecule has 0 heterocycles. The Balaban J connectivity index is 1.27. The molecule has 0 radical (unpaired) electrons. The number of hydrogen-bond acceptors (Lipinski definition) is 4. The fraction of sp³-hybridized carbons (Fsp3) is 0.958. The van der Waals surface area contributed by atoms with Gasteiger partial charge in [0.2, 0.25) is 5.91 Å². The van der Waals surface area contributed by atoms with E-state index in [9.17, 15) is 4.79 Å². The number of ether oxygens (including phenoxy) is 3. The van der Waals surface area contributed by atoms with Crippen LogP contribution < -0.4 is 0 Å². The van der Waals surface area contributed by atoms with Crippen molar-refractivity contribution in [2.45, 2.75) is 110 Å². The Bertz CT molecular complexity index is 563. The molecule has 2 bridgehead atoms. The molecule has 29 heavy (non-hydrogen) atoms. The molecule has 0 aromatic heterocycles. The Morgan fingerprint density at radius 2 is 1.55 bits per heavy atom. The van der Waals surface area contributed by atoms with E-state index in [-0.39, 0.29) is 22.0 Å². The van der Waals surface area contributed by atoms with E-state index in [1.165, 1.54) is 0 Å². The average Bonchev–Trinajstić information content (AvgIpc) is 2.47. The van der Waals surface area contributed by atoms with Crippen LogP contribution in [0.25, 0.3) is 0 Å². The smallest absolute Gasteiger partial charge is 0.228 e. The molecule has 4 saturated carbocycles. The van der Waals surface area contributed by atoms with Crippen molar-refractivity contribution in [1.82, 2.24) is 4.90 Å². The monoisotopic (exact) mass is 409 g/mol. The lowest BCUT2D eigenvalue weighted by Gasteiger charge is -2.70. The molecule has 1 amide bonds. The third-order valence-corrected chi connectivity index (χ3v) is 6.68. The number of carbonyl (C=O) groups is 1. The van der Waals surface area contributed by atoms with Gasteiger partial charge in [0.25, 0.3) is 0 Å². The van der Waals surface area contributed by atoms with Crippen LogP contribution in [0.4, 0.5) is 0 Å². The van der Waals surface area contributed by atoms with Gasteiger partial charge < -0.3 is 19.1 Å². The summed E-state index contributed by atoms with van der Waals surface area (Å²) in [4.78, 5) is 15.0. The van der Waals surface area contributed by atoms with Gasteiger partial charge in [-0.05, 0) is 91.9 Å². The molecule has 0 saturated heterocycles. The van der Waals surface area contributed by atoms with Gasteiger partial charge in [-0.3, -0.25) is 4.79 Å². The van der Waals surface area contributed by atoms with Crippen molar-refractivity contribution in [2.75, 3.05) is 26.9 Å². The summed E-state index contributed by atoms with van der Waals surface area (Å²) in [6, 6.07) is 0.353. The summed E-state index contributed by atoms with van der Waals surface area (Å²) in [6.07, 6.45) is 7.39. The second-order valence-electron chi connectivity index (χ2n) is 11.9. The molecule has 0 spiro atoms. The second kappa shape index (κ2) is 8.12. The van der Waals surface area contributed by atoms with Gasteiger partial charge in [0.05, 0.1) is 29.3 Å². The third-order valence-electron chi connectivity index (χ3n) is 6.68. The van der Waals surface area contributed by atoms with Gasteiger partial charge >= 0.3 is 0 Å². The highest BCUT2D eigenvalue weighted by molar-refractivity contribution is 5.86. The quantitative estimate of drug-likeness (QED) is 0.496. The summed E-state index contributed by atoms with van der Waals surface area (Å²) < 4.78 is 17.7. The first-order valence-corrected chi connectivity index (χ1v) is 11.5. The van der Waals surface area contributed by atoms with Gasteiger partial charge in [0, 0.05) is 26.3 Å². The molecule has 5 nitrogen and oxygen atoms in total. The zero-order valence-electron chi connectivity index (χ0n) is 19.8. The Hall–Kier alpha value is -0.650. The van der Waals surface area contributed by atoms with E-state index in [2.05, 4.69) is 41.5 Å². The van der Waals surface area contributed by atoms with Crippen LogP contribution in [0.5, 0.6) is 0 Å². The lowest BCUT2D eigenvalue weighted by molar-refractivity contribution is -0.237. The van der Waals surface area contributed by atoms with Crippen LogP contribution in [0.2, 0.25) is 0 Å². The Kier molecular flexibility index (Phi) is 6.45. The third kappa shape index (κ3) is 5.54. The summed E-state index contributed by atoms with van der Waals surface area (Å²) in [5.74, 6) is 0.359. The molecule has 4 aliphatic carbocycles. The minimum Gasteiger partial charge on any atom is -0.381 e. The minimum atomic E-state index is -0.0991. The fourth-order valence-electron chi connectivity index (χ4n) is 5.34. The number of carbonyl (C=O) groups excluding carboxylic acids is 1. The molecule has 0 aliphatic heterocycles. The first kappa shape index (κ1) is 23.0. The Morgan fingerprint density at radius 3 is 2.10 bits per heavy atom. The van der Waals surface area contributed by atoms with Gasteiger partial charge in [-0.25, -0.2) is 0 Å². The standard InChI is InChI=1S/C24H43NO4/c1-21(2,3)28-11-9-8-10-27-17-23-14-24(15-23,16-23)20(26)25(7)18-12-19(13-18)29-22(4,5)6/h18-19H,8-17H2,1-7H3. The molecule has 5 heteroatoms. The molecule has 4 rings (SSSR count). The van der Waals surface area contributed by atoms with Crippen LogP contribution in [0.15, 0.2) is 0 Å². The lowest BCUT2D eigenvalue weighted by atomic mass is 9.35. The highest BCUT2D eigenvalue weighted by Crippen LogP contribution is 2.74. The van der Waals surface area contributed by atoms with Crippen molar-refractivity contribution in [3.63, 3.8) is 0 Å². The predicted molar refractivity (Wildman–Crippen MR) is 115 cm³/mol. The maximum atomic E-state index is 13.0. The predicted octanol–water partition coefficient (Wildman–Crippen LogP) is 4.57. The topological polar surface area (TPSA) is 48.0 Å². The second-order valence-corrected chi connectivity index (χ2v) is 11.9. The van der Waals surface area contributed by atoms with Crippen molar-refractivity contribution >= 4 is 5.91 Å². The molecular weight excluding hydrogens is 366 g/mol. The molecule has 0 N–H and O–H groups in total. The largest absolute Gasteiger partial charge is 0.381 e. The van der Waals surface area contributed by atoms with Gasteiger partial charge in [-0.15, -0.1) is 0 Å². The van der Waals surface area contributed by atoms with Crippen LogP contribution in [0, 0.1) is 10.8 Å². The van der Waals surface area contributed by atoms with E-state index >= 15 is 0 Å². The van der Waals surface area contributed by atoms with Gasteiger partial charge in [-0.2, -0.15) is 0 Å². The number of amides is 1. The highest BCUT2D eigenvalue weighted by atomic mass is 16.5. The fourth-order valence-corrected chi connectivity index (χ4v) is 5.34. The molecule has 4 fully saturated rings. The van der Waals surface area contributed by atoms with Crippen LogP contribution in [-0.4, -0.2) is 61.0 Å². The molecule has 4 aliphatic rings. The number of nitrogens with zero attached hydrogens (tertiary/aromatic N) is 1. The van der Waals surface area contributed by atoms with E-state index in [0.29, 0.717) is 18.1 Å². The zero-order chi connectivity index (χ0) is 21.5. The minimum absolute atomic E-state index is 0.0548. The summed E-state index contributed by atoms with van der Waals surface area (Å²) in [5.41, 5.74) is 0.0588. The van der Waals surface area contributed by atoms with E-state index in [1.54, 1.807) is 0 Å². The molecule has 0 aromatic rings. The van der Waals surface area contributed by atoms with Gasteiger partial charge in [0.1, 0.15) is 0 Å². The van der Waals surface area contributed by atoms with Crippen molar-refractivity contribution in [2.24, 2.45) is 10.8 Å². The van der Waals surface area contributed by atoms with Crippen LogP contribution in [0.3, 0.4) is 0 Å². The van der Waals surface area contributed by atoms with Crippen molar-refractivity contribution in [3.8, 4) is 0 Å². The van der Waals surface area contributed by atoms with Crippen molar-refractivity contribution < 1.29 is 19.0 Å². The molecular formula is C24H43NO4. The van der Waals surface area contributed by atoms with Gasteiger partial charge in [0.15, 0.2) is 0 Å². The van der Waals surface area contributed by atoms with Gasteiger partial charge in [-0.1, -0.05) is 0 Å². The summed E-state index contributed by atoms with van der Waals surface area (Å²) in [6.45, 7) is 15.0. The first-order valence-electron chi connectivity index (χ1n) is 11.5. The average molecular weight is 410 g/mol. The van der Waals surface area contributed by atoms with Crippen molar-refractivity contribution in [3.05, 3.63) is 0 Å². The molecule has 0 atom stereocenters. The maximum Gasteiger partial charge on any atom is 0.228 e. The molecule has 168 valence electrons. The summed E-state index contributed by atoms with van der Waals surface area (Å²) in [7, 11) is 1.99. The molecule has 0 aromatic carbocycles. The van der Waals surface area contributed by atoms with E-state index < -0.39 is 0 Å². The number of hydrogen-bond donors (Lipinski definition) is 0. The van der Waals surface area contributed by atoms with Crippen LogP contribution >= 0.6 is 0 Å². The highest BCUT2D eigenvalue weighted by Gasteiger charge is 2.72. The SMILES string of the molecule is CN(C(=O)C12CC(COCCCCOC(C)(C)C)(C1)C2)C1CC(OC(C)(C)C)C1. The maximum absolute atomic E-state index is 13.0. The van der Waals surface area contributed by atoms with E-state index in [0.717, 1.165) is 64.8 Å². The zero-order valence-corrected chi connectivity index (χ0v) is 19.8. The van der Waals surface area contributed by atoms with E-state index in [1.807, 2.05) is 11.9 Å². The number of unbranched alkanes of at least 4 members (excludes halogenated alkanes) is 1.